The molecule has 0 radical (unpaired) electrons. The van der Waals surface area contributed by atoms with Gasteiger partial charge in [-0.05, 0) is 62.4 Å². The summed E-state index contributed by atoms with van der Waals surface area (Å²) in [4.78, 5) is 2.58. The first kappa shape index (κ1) is 14.0. The molecule has 0 bridgehead atoms. The highest BCUT2D eigenvalue weighted by atomic mass is 19.1. The lowest BCUT2D eigenvalue weighted by Crippen LogP contribution is -2.45. The summed E-state index contributed by atoms with van der Waals surface area (Å²) in [6.07, 6.45) is 6.63. The molecule has 1 unspecified atom stereocenters. The minimum atomic E-state index is -0.128. The van der Waals surface area contributed by atoms with E-state index in [0.29, 0.717) is 6.04 Å². The molecular formula is C17H25FN2. The predicted molar refractivity (Wildman–Crippen MR) is 80.2 cm³/mol. The van der Waals surface area contributed by atoms with Crippen molar-refractivity contribution in [1.82, 2.24) is 10.2 Å². The van der Waals surface area contributed by atoms with Crippen LogP contribution in [0.5, 0.6) is 0 Å². The average Bonchev–Trinajstić information content (AvgIpc) is 3.25. The normalized spacial score (nSPS) is 24.0. The first-order chi connectivity index (χ1) is 9.72. The van der Waals surface area contributed by atoms with E-state index in [4.69, 9.17) is 0 Å². The lowest BCUT2D eigenvalue weighted by molar-refractivity contribution is 0.137. The van der Waals surface area contributed by atoms with Crippen molar-refractivity contribution < 1.29 is 4.39 Å². The van der Waals surface area contributed by atoms with Crippen LogP contribution < -0.4 is 5.32 Å². The fourth-order valence-electron chi connectivity index (χ4n) is 3.14. The fourth-order valence-corrected chi connectivity index (χ4v) is 3.14. The molecule has 0 amide bonds. The van der Waals surface area contributed by atoms with Gasteiger partial charge >= 0.3 is 0 Å². The van der Waals surface area contributed by atoms with Gasteiger partial charge in [0.2, 0.25) is 0 Å². The number of benzene rings is 1. The van der Waals surface area contributed by atoms with Crippen molar-refractivity contribution in [2.45, 2.75) is 57.7 Å². The molecule has 1 aromatic rings. The smallest absolute Gasteiger partial charge is 0.123 e. The van der Waals surface area contributed by atoms with Gasteiger partial charge in [0.25, 0.3) is 0 Å². The fraction of sp³-hybridized carbons (Fsp3) is 0.647. The highest BCUT2D eigenvalue weighted by molar-refractivity contribution is 5.26. The van der Waals surface area contributed by atoms with E-state index in [1.165, 1.54) is 44.2 Å². The number of rotatable bonds is 5. The van der Waals surface area contributed by atoms with Crippen molar-refractivity contribution in [3.63, 3.8) is 0 Å². The third-order valence-electron chi connectivity index (χ3n) is 4.65. The van der Waals surface area contributed by atoms with E-state index >= 15 is 0 Å². The van der Waals surface area contributed by atoms with Crippen molar-refractivity contribution in [1.29, 1.82) is 0 Å². The first-order valence-corrected chi connectivity index (χ1v) is 7.95. The van der Waals surface area contributed by atoms with Gasteiger partial charge in [-0.25, -0.2) is 4.39 Å². The Balaban J connectivity index is 1.62. The molecule has 0 spiro atoms. The molecule has 1 aliphatic heterocycles. The Labute approximate surface area is 121 Å². The van der Waals surface area contributed by atoms with Gasteiger partial charge in [0.1, 0.15) is 5.82 Å². The van der Waals surface area contributed by atoms with E-state index in [1.807, 2.05) is 13.0 Å². The minimum absolute atomic E-state index is 0.128. The lowest BCUT2D eigenvalue weighted by Gasteiger charge is -2.36. The van der Waals surface area contributed by atoms with E-state index in [1.54, 1.807) is 12.1 Å². The van der Waals surface area contributed by atoms with Gasteiger partial charge in [0, 0.05) is 25.2 Å². The Morgan fingerprint density at radius 3 is 2.85 bits per heavy atom. The molecule has 1 aliphatic carbocycles. The molecule has 1 N–H and O–H groups in total. The molecule has 20 heavy (non-hydrogen) atoms. The van der Waals surface area contributed by atoms with E-state index < -0.39 is 0 Å². The molecule has 110 valence electrons. The molecule has 0 aromatic heterocycles. The second kappa shape index (κ2) is 6.23. The molecule has 1 heterocycles. The Kier molecular flexibility index (Phi) is 4.37. The summed E-state index contributed by atoms with van der Waals surface area (Å²) in [6, 6.07) is 6.62. The molecule has 2 aliphatic rings. The number of nitrogens with zero attached hydrogens (tertiary/aromatic N) is 1. The molecule has 2 nitrogen and oxygen atoms in total. The van der Waals surface area contributed by atoms with Crippen LogP contribution in [0.2, 0.25) is 0 Å². The van der Waals surface area contributed by atoms with Crippen molar-refractivity contribution in [2.24, 2.45) is 0 Å². The summed E-state index contributed by atoms with van der Waals surface area (Å²) in [5.74, 6) is -0.128. The lowest BCUT2D eigenvalue weighted by atomic mass is 10.00. The number of aryl methyl sites for hydroxylation is 1. The summed E-state index contributed by atoms with van der Waals surface area (Å²) < 4.78 is 13.2. The third kappa shape index (κ3) is 3.58. The number of likely N-dealkylation sites (tertiary alicyclic amines) is 1. The standard InChI is InChI=1S/C17H25FN2/c1-13-10-15(18)6-5-14(13)12-20-9-3-2-4-17(20)11-19-16-7-8-16/h5-6,10,16-17,19H,2-4,7-9,11-12H2,1H3. The Bertz CT molecular complexity index is 456. The third-order valence-corrected chi connectivity index (χ3v) is 4.65. The van der Waals surface area contributed by atoms with Crippen molar-refractivity contribution in [3.8, 4) is 0 Å². The van der Waals surface area contributed by atoms with Crippen LogP contribution in [0.15, 0.2) is 18.2 Å². The zero-order valence-corrected chi connectivity index (χ0v) is 12.4. The Morgan fingerprint density at radius 2 is 2.10 bits per heavy atom. The Hall–Kier alpha value is -0.930. The van der Waals surface area contributed by atoms with Gasteiger partial charge in [0.15, 0.2) is 0 Å². The monoisotopic (exact) mass is 276 g/mol. The van der Waals surface area contributed by atoms with Crippen LogP contribution in [0, 0.1) is 12.7 Å². The zero-order valence-electron chi connectivity index (χ0n) is 12.4. The topological polar surface area (TPSA) is 15.3 Å². The average molecular weight is 276 g/mol. The molecule has 1 saturated heterocycles. The van der Waals surface area contributed by atoms with Gasteiger partial charge < -0.3 is 5.32 Å². The first-order valence-electron chi connectivity index (χ1n) is 7.95. The molecule has 1 saturated carbocycles. The molecule has 1 atom stereocenters. The van der Waals surface area contributed by atoms with Crippen molar-refractivity contribution in [3.05, 3.63) is 35.1 Å². The van der Waals surface area contributed by atoms with Crippen LogP contribution in [-0.2, 0) is 6.54 Å². The summed E-state index contributed by atoms with van der Waals surface area (Å²) in [5.41, 5.74) is 2.34. The Morgan fingerprint density at radius 1 is 1.25 bits per heavy atom. The van der Waals surface area contributed by atoms with Gasteiger partial charge in [0.05, 0.1) is 0 Å². The number of hydrogen-bond acceptors (Lipinski definition) is 2. The maximum Gasteiger partial charge on any atom is 0.123 e. The predicted octanol–water partition coefficient (Wildman–Crippen LogP) is 3.24. The van der Waals surface area contributed by atoms with E-state index in [0.717, 1.165) is 24.7 Å². The molecule has 1 aromatic carbocycles. The van der Waals surface area contributed by atoms with Crippen LogP contribution in [0.25, 0.3) is 0 Å². The maximum absolute atomic E-state index is 13.2. The molecule has 2 fully saturated rings. The quantitative estimate of drug-likeness (QED) is 0.888. The number of hydrogen-bond donors (Lipinski definition) is 1. The summed E-state index contributed by atoms with van der Waals surface area (Å²) in [5, 5.41) is 3.66. The summed E-state index contributed by atoms with van der Waals surface area (Å²) >= 11 is 0. The summed E-state index contributed by atoms with van der Waals surface area (Å²) in [6.45, 7) is 5.27. The van der Waals surface area contributed by atoms with Crippen LogP contribution in [0.4, 0.5) is 4.39 Å². The van der Waals surface area contributed by atoms with Crippen LogP contribution in [0.1, 0.15) is 43.2 Å². The largest absolute Gasteiger partial charge is 0.312 e. The van der Waals surface area contributed by atoms with Gasteiger partial charge in [-0.3, -0.25) is 4.90 Å². The van der Waals surface area contributed by atoms with Gasteiger partial charge in [-0.15, -0.1) is 0 Å². The summed E-state index contributed by atoms with van der Waals surface area (Å²) in [7, 11) is 0. The highest BCUT2D eigenvalue weighted by Crippen LogP contribution is 2.23. The number of halogens is 1. The van der Waals surface area contributed by atoms with Crippen LogP contribution in [-0.4, -0.2) is 30.1 Å². The van der Waals surface area contributed by atoms with Crippen LogP contribution in [0.3, 0.4) is 0 Å². The second-order valence-electron chi connectivity index (χ2n) is 6.37. The minimum Gasteiger partial charge on any atom is -0.312 e. The maximum atomic E-state index is 13.2. The molecule has 3 heteroatoms. The number of piperidine rings is 1. The van der Waals surface area contributed by atoms with E-state index in [2.05, 4.69) is 10.2 Å². The molecule has 3 rings (SSSR count). The highest BCUT2D eigenvalue weighted by Gasteiger charge is 2.26. The molecular weight excluding hydrogens is 251 g/mol. The van der Waals surface area contributed by atoms with Crippen LogP contribution >= 0.6 is 0 Å². The van der Waals surface area contributed by atoms with E-state index in [-0.39, 0.29) is 5.82 Å². The van der Waals surface area contributed by atoms with E-state index in [9.17, 15) is 4.39 Å². The van der Waals surface area contributed by atoms with Crippen molar-refractivity contribution in [2.75, 3.05) is 13.1 Å². The zero-order chi connectivity index (χ0) is 13.9. The number of nitrogens with one attached hydrogen (secondary N) is 1. The second-order valence-corrected chi connectivity index (χ2v) is 6.37. The SMILES string of the molecule is Cc1cc(F)ccc1CN1CCCCC1CNC1CC1. The van der Waals surface area contributed by atoms with Gasteiger partial charge in [-0.2, -0.15) is 0 Å². The van der Waals surface area contributed by atoms with Crippen molar-refractivity contribution >= 4 is 0 Å². The van der Waals surface area contributed by atoms with Gasteiger partial charge in [-0.1, -0.05) is 12.5 Å².